The molecule has 0 saturated carbocycles. The first-order valence-electron chi connectivity index (χ1n) is 10.7. The second-order valence-electron chi connectivity index (χ2n) is 9.09. The van der Waals surface area contributed by atoms with Crippen molar-refractivity contribution >= 4 is 40.4 Å². The smallest absolute Gasteiger partial charge is 0.408 e. The van der Waals surface area contributed by atoms with Crippen LogP contribution in [-0.2, 0) is 16.1 Å². The Labute approximate surface area is 196 Å². The second-order valence-corrected chi connectivity index (χ2v) is 10.1. The molecule has 33 heavy (non-hydrogen) atoms. The van der Waals surface area contributed by atoms with E-state index >= 15 is 0 Å². The molecule has 174 valence electrons. The van der Waals surface area contributed by atoms with Crippen molar-refractivity contribution in [1.82, 2.24) is 25.0 Å². The number of carbonyl (C=O) groups is 2. The van der Waals surface area contributed by atoms with Crippen LogP contribution in [0.25, 0.3) is 22.2 Å². The van der Waals surface area contributed by atoms with Crippen LogP contribution in [0.2, 0.25) is 0 Å². The summed E-state index contributed by atoms with van der Waals surface area (Å²) in [5.41, 5.74) is 2.91. The van der Waals surface area contributed by atoms with Crippen LogP contribution in [0, 0.1) is 0 Å². The van der Waals surface area contributed by atoms with Crippen LogP contribution < -0.4 is 10.6 Å². The Morgan fingerprint density at radius 2 is 2.00 bits per heavy atom. The lowest BCUT2D eigenvalue weighted by molar-refractivity contribution is -0.115. The SMILES string of the molecule is CN(C)CCn1nc2c3c(c(NC(=O)CNC(=O)OC(C)(C)C)ccc31)Sc1ccncc1-2. The zero-order valence-corrected chi connectivity index (χ0v) is 20.2. The Hall–Kier alpha value is -3.11. The van der Waals surface area contributed by atoms with Crippen LogP contribution in [0.4, 0.5) is 10.5 Å². The normalized spacial score (nSPS) is 12.5. The summed E-state index contributed by atoms with van der Waals surface area (Å²) in [6, 6.07) is 5.82. The maximum atomic E-state index is 12.6. The molecule has 2 aromatic heterocycles. The summed E-state index contributed by atoms with van der Waals surface area (Å²) in [5, 5.41) is 11.3. The van der Waals surface area contributed by atoms with Crippen molar-refractivity contribution in [3.8, 4) is 11.3 Å². The number of amides is 2. The lowest BCUT2D eigenvalue weighted by atomic mass is 10.1. The fourth-order valence-corrected chi connectivity index (χ4v) is 4.66. The average molecular weight is 469 g/mol. The van der Waals surface area contributed by atoms with Crippen molar-refractivity contribution < 1.29 is 14.3 Å². The number of pyridine rings is 1. The van der Waals surface area contributed by atoms with Crippen molar-refractivity contribution in [2.45, 2.75) is 42.7 Å². The number of hydrogen-bond acceptors (Lipinski definition) is 7. The topological polar surface area (TPSA) is 101 Å². The number of fused-ring (bicyclic) bond motifs is 2. The lowest BCUT2D eigenvalue weighted by Gasteiger charge is -2.20. The Morgan fingerprint density at radius 1 is 1.21 bits per heavy atom. The van der Waals surface area contributed by atoms with Crippen molar-refractivity contribution in [1.29, 1.82) is 0 Å². The van der Waals surface area contributed by atoms with Gasteiger partial charge in [-0.2, -0.15) is 5.10 Å². The number of carbonyl (C=O) groups excluding carboxylic acids is 2. The quantitative estimate of drug-likeness (QED) is 0.446. The van der Waals surface area contributed by atoms with Gasteiger partial charge in [-0.25, -0.2) is 4.79 Å². The summed E-state index contributed by atoms with van der Waals surface area (Å²) in [5.74, 6) is -0.334. The van der Waals surface area contributed by atoms with E-state index in [-0.39, 0.29) is 12.5 Å². The van der Waals surface area contributed by atoms with E-state index in [1.54, 1.807) is 38.7 Å². The fourth-order valence-electron chi connectivity index (χ4n) is 3.52. The molecule has 0 bridgehead atoms. The highest BCUT2D eigenvalue weighted by Gasteiger charge is 2.27. The van der Waals surface area contributed by atoms with Gasteiger partial charge in [-0.15, -0.1) is 0 Å². The van der Waals surface area contributed by atoms with Gasteiger partial charge in [0.1, 0.15) is 17.8 Å². The molecule has 2 amide bonds. The van der Waals surface area contributed by atoms with Gasteiger partial charge < -0.3 is 20.3 Å². The second kappa shape index (κ2) is 9.03. The Morgan fingerprint density at radius 3 is 2.73 bits per heavy atom. The maximum absolute atomic E-state index is 12.6. The number of alkyl carbamates (subject to hydrolysis) is 1. The van der Waals surface area contributed by atoms with Crippen LogP contribution in [0.5, 0.6) is 0 Å². The summed E-state index contributed by atoms with van der Waals surface area (Å²) in [6.07, 6.45) is 2.96. The first-order valence-corrected chi connectivity index (χ1v) is 11.5. The predicted octanol–water partition coefficient (Wildman–Crippen LogP) is 3.59. The van der Waals surface area contributed by atoms with Gasteiger partial charge in [0.15, 0.2) is 0 Å². The molecule has 10 heteroatoms. The molecule has 0 spiro atoms. The lowest BCUT2D eigenvalue weighted by Crippen LogP contribution is -2.37. The third-order valence-electron chi connectivity index (χ3n) is 4.94. The molecule has 0 saturated heterocycles. The number of nitrogens with one attached hydrogen (secondary N) is 2. The molecular formula is C23H28N6O3S. The molecule has 0 fully saturated rings. The van der Waals surface area contributed by atoms with E-state index in [1.807, 2.05) is 43.2 Å². The van der Waals surface area contributed by atoms with Crippen molar-refractivity contribution in [2.75, 3.05) is 32.5 Å². The summed E-state index contributed by atoms with van der Waals surface area (Å²) in [6.45, 7) is 6.73. The highest BCUT2D eigenvalue weighted by Crippen LogP contribution is 2.50. The highest BCUT2D eigenvalue weighted by molar-refractivity contribution is 8.00. The summed E-state index contributed by atoms with van der Waals surface area (Å²) in [4.78, 5) is 32.8. The van der Waals surface area contributed by atoms with E-state index in [2.05, 4.69) is 20.5 Å². The molecule has 3 aromatic rings. The van der Waals surface area contributed by atoms with Gasteiger partial charge >= 0.3 is 6.09 Å². The molecule has 0 unspecified atom stereocenters. The van der Waals surface area contributed by atoms with Crippen LogP contribution in [-0.4, -0.2) is 64.5 Å². The van der Waals surface area contributed by atoms with Gasteiger partial charge in [0.25, 0.3) is 0 Å². The molecule has 1 aliphatic heterocycles. The minimum atomic E-state index is -0.630. The third kappa shape index (κ3) is 5.12. The standard InChI is InChI=1S/C23H28N6O3S/c1-23(2,3)32-22(31)25-13-18(30)26-15-6-7-16-19-20(27-29(16)11-10-28(4)5)14-12-24-9-8-17(14)33-21(15)19/h6-9,12H,10-11,13H2,1-5H3,(H,25,31)(H,26,30). The van der Waals surface area contributed by atoms with Gasteiger partial charge in [0, 0.05) is 39.7 Å². The third-order valence-corrected chi connectivity index (χ3v) is 6.15. The number of anilines is 1. The van der Waals surface area contributed by atoms with Crippen LogP contribution in [0.1, 0.15) is 20.8 Å². The number of hydrogen-bond donors (Lipinski definition) is 2. The van der Waals surface area contributed by atoms with Crippen LogP contribution >= 0.6 is 11.8 Å². The zero-order chi connectivity index (χ0) is 23.8. The van der Waals surface area contributed by atoms with E-state index < -0.39 is 11.7 Å². The molecule has 9 nitrogen and oxygen atoms in total. The van der Waals surface area contributed by atoms with Gasteiger partial charge in [-0.05, 0) is 53.1 Å². The molecule has 4 rings (SSSR count). The van der Waals surface area contributed by atoms with Gasteiger partial charge in [-0.1, -0.05) is 11.8 Å². The van der Waals surface area contributed by atoms with E-state index in [0.29, 0.717) is 5.69 Å². The Balaban J connectivity index is 1.62. The molecule has 1 aromatic carbocycles. The van der Waals surface area contributed by atoms with Crippen LogP contribution in [0.3, 0.4) is 0 Å². The molecule has 1 aliphatic rings. The highest BCUT2D eigenvalue weighted by atomic mass is 32.2. The molecule has 2 N–H and O–H groups in total. The van der Waals surface area contributed by atoms with Crippen molar-refractivity contribution in [3.05, 3.63) is 30.6 Å². The van der Waals surface area contributed by atoms with Gasteiger partial charge in [0.05, 0.1) is 17.7 Å². The van der Waals surface area contributed by atoms with Gasteiger partial charge in [0.2, 0.25) is 5.91 Å². The monoisotopic (exact) mass is 468 g/mol. The van der Waals surface area contributed by atoms with E-state index in [4.69, 9.17) is 9.84 Å². The summed E-state index contributed by atoms with van der Waals surface area (Å²) in [7, 11) is 4.06. The molecular weight excluding hydrogens is 440 g/mol. The minimum Gasteiger partial charge on any atom is -0.444 e. The maximum Gasteiger partial charge on any atom is 0.408 e. The number of nitrogens with zero attached hydrogens (tertiary/aromatic N) is 4. The number of benzene rings is 1. The summed E-state index contributed by atoms with van der Waals surface area (Å²) < 4.78 is 7.20. The fraction of sp³-hybridized carbons (Fsp3) is 0.391. The Bertz CT molecular complexity index is 1210. The zero-order valence-electron chi connectivity index (χ0n) is 19.4. The van der Waals surface area contributed by atoms with Gasteiger partial charge in [-0.3, -0.25) is 14.5 Å². The first kappa shape index (κ1) is 23.1. The Kier molecular flexibility index (Phi) is 6.31. The molecule has 0 atom stereocenters. The van der Waals surface area contributed by atoms with Crippen molar-refractivity contribution in [3.63, 3.8) is 0 Å². The molecule has 0 radical (unpaired) electrons. The number of likely N-dealkylation sites (N-methyl/N-ethyl adjacent to an activating group) is 1. The number of ether oxygens (including phenoxy) is 1. The first-order chi connectivity index (χ1) is 15.6. The molecule has 0 aliphatic carbocycles. The van der Waals surface area contributed by atoms with Crippen LogP contribution in [0.15, 0.2) is 40.4 Å². The predicted molar refractivity (Wildman–Crippen MR) is 129 cm³/mol. The summed E-state index contributed by atoms with van der Waals surface area (Å²) >= 11 is 1.58. The molecule has 3 heterocycles. The van der Waals surface area contributed by atoms with E-state index in [0.717, 1.165) is 45.0 Å². The average Bonchev–Trinajstić information content (AvgIpc) is 3.11. The number of aromatic nitrogens is 3. The van der Waals surface area contributed by atoms with E-state index in [9.17, 15) is 9.59 Å². The van der Waals surface area contributed by atoms with E-state index in [1.165, 1.54) is 0 Å². The minimum absolute atomic E-state index is 0.188. The largest absolute Gasteiger partial charge is 0.444 e. The van der Waals surface area contributed by atoms with Crippen molar-refractivity contribution in [2.24, 2.45) is 0 Å². The number of rotatable bonds is 6.